The molecule has 1 aliphatic rings. The fourth-order valence-corrected chi connectivity index (χ4v) is 3.52. The molecule has 0 radical (unpaired) electrons. The Kier molecular flexibility index (Phi) is 6.74. The maximum absolute atomic E-state index is 14.2. The van der Waals surface area contributed by atoms with Gasteiger partial charge in [0.2, 0.25) is 6.29 Å². The van der Waals surface area contributed by atoms with Crippen molar-refractivity contribution in [3.8, 4) is 5.75 Å². The summed E-state index contributed by atoms with van der Waals surface area (Å²) in [6, 6.07) is 14.1. The fraction of sp³-hybridized carbons (Fsp3) is 0.280. The number of esters is 1. The van der Waals surface area contributed by atoms with Crippen LogP contribution in [0.5, 0.6) is 5.75 Å². The first kappa shape index (κ1) is 22.5. The highest BCUT2D eigenvalue weighted by atomic mass is 19.1. The minimum atomic E-state index is -0.909. The van der Waals surface area contributed by atoms with Crippen LogP contribution >= 0.6 is 0 Å². The Bertz CT molecular complexity index is 1110. The van der Waals surface area contributed by atoms with Crippen molar-refractivity contribution in [3.63, 3.8) is 0 Å². The maximum Gasteiger partial charge on any atom is 0.329 e. The minimum absolute atomic E-state index is 0.0907. The Morgan fingerprint density at radius 1 is 1.15 bits per heavy atom. The van der Waals surface area contributed by atoms with Crippen LogP contribution in [0, 0.1) is 11.7 Å². The topological polar surface area (TPSA) is 87.0 Å². The van der Waals surface area contributed by atoms with Gasteiger partial charge in [-0.3, -0.25) is 4.79 Å². The molecule has 2 heterocycles. The second-order valence-corrected chi connectivity index (χ2v) is 8.00. The van der Waals surface area contributed by atoms with Crippen molar-refractivity contribution in [1.29, 1.82) is 0 Å². The Balaban J connectivity index is 1.48. The fourth-order valence-electron chi connectivity index (χ4n) is 3.52. The van der Waals surface area contributed by atoms with Crippen LogP contribution in [0.3, 0.4) is 0 Å². The molecule has 1 amide bonds. The largest absolute Gasteiger partial charge is 0.460 e. The molecule has 2 aromatic carbocycles. The number of halogens is 1. The number of ether oxygens (including phenoxy) is 3. The molecular weight excluding hydrogens is 429 g/mol. The third kappa shape index (κ3) is 5.23. The quantitative estimate of drug-likeness (QED) is 0.529. The molecule has 0 spiro atoms. The van der Waals surface area contributed by atoms with Crippen LogP contribution in [0.25, 0.3) is 0 Å². The van der Waals surface area contributed by atoms with Gasteiger partial charge >= 0.3 is 5.97 Å². The lowest BCUT2D eigenvalue weighted by Gasteiger charge is -2.28. The van der Waals surface area contributed by atoms with Crippen LogP contribution in [0.2, 0.25) is 0 Å². The third-order valence-corrected chi connectivity index (χ3v) is 5.22. The van der Waals surface area contributed by atoms with Crippen molar-refractivity contribution >= 4 is 11.9 Å². The molecule has 3 aromatic rings. The van der Waals surface area contributed by atoms with E-state index in [0.717, 1.165) is 5.56 Å². The summed E-state index contributed by atoms with van der Waals surface area (Å²) in [4.78, 5) is 25.1. The number of carbonyl (C=O) groups excluding carboxylic acids is 2. The molecule has 1 aliphatic heterocycles. The summed E-state index contributed by atoms with van der Waals surface area (Å²) in [5, 5.41) is 2.62. The number of furan rings is 1. The highest BCUT2D eigenvalue weighted by molar-refractivity contribution is 5.94. The summed E-state index contributed by atoms with van der Waals surface area (Å²) in [5.41, 5.74) is 1.72. The molecule has 33 heavy (non-hydrogen) atoms. The van der Waals surface area contributed by atoms with E-state index in [1.165, 1.54) is 24.5 Å². The average Bonchev–Trinajstić information content (AvgIpc) is 3.36. The number of nitrogens with one attached hydrogen (secondary N) is 1. The SMILES string of the molecule is CC(C)C(NC(=O)c1ccco1)C(=O)OCc1cc(F)cc2c1OC(c1ccccc1)OC2. The number of fused-ring (bicyclic) bond motifs is 1. The summed E-state index contributed by atoms with van der Waals surface area (Å²) < 4.78 is 36.4. The minimum Gasteiger partial charge on any atom is -0.460 e. The molecule has 2 atom stereocenters. The smallest absolute Gasteiger partial charge is 0.329 e. The van der Waals surface area contributed by atoms with Crippen LogP contribution in [0.1, 0.15) is 47.4 Å². The predicted molar refractivity (Wildman–Crippen MR) is 116 cm³/mol. The van der Waals surface area contributed by atoms with Crippen molar-refractivity contribution in [2.45, 2.75) is 39.4 Å². The van der Waals surface area contributed by atoms with Crippen molar-refractivity contribution in [2.75, 3.05) is 0 Å². The van der Waals surface area contributed by atoms with Gasteiger partial charge in [-0.05, 0) is 30.2 Å². The summed E-state index contributed by atoms with van der Waals surface area (Å²) in [6.45, 7) is 3.49. The molecule has 0 bridgehead atoms. The number of rotatable bonds is 7. The first-order valence-corrected chi connectivity index (χ1v) is 10.6. The number of amides is 1. The maximum atomic E-state index is 14.2. The van der Waals surface area contributed by atoms with Crippen LogP contribution in [-0.4, -0.2) is 17.9 Å². The molecule has 0 aliphatic carbocycles. The monoisotopic (exact) mass is 453 g/mol. The lowest BCUT2D eigenvalue weighted by atomic mass is 10.0. The molecule has 7 nitrogen and oxygen atoms in total. The molecule has 4 rings (SSSR count). The van der Waals surface area contributed by atoms with E-state index in [-0.39, 0.29) is 24.9 Å². The zero-order valence-corrected chi connectivity index (χ0v) is 18.2. The molecule has 0 fully saturated rings. The van der Waals surface area contributed by atoms with Crippen molar-refractivity contribution < 1.29 is 32.6 Å². The second kappa shape index (κ2) is 9.87. The molecule has 1 aromatic heterocycles. The highest BCUT2D eigenvalue weighted by Gasteiger charge is 2.29. The van der Waals surface area contributed by atoms with Crippen molar-refractivity contribution in [2.24, 2.45) is 5.92 Å². The van der Waals surface area contributed by atoms with Gasteiger partial charge in [-0.15, -0.1) is 0 Å². The first-order chi connectivity index (χ1) is 15.9. The van der Waals surface area contributed by atoms with Crippen molar-refractivity contribution in [1.82, 2.24) is 5.32 Å². The van der Waals surface area contributed by atoms with Gasteiger partial charge in [0.25, 0.3) is 5.91 Å². The molecule has 0 saturated carbocycles. The number of hydrogen-bond acceptors (Lipinski definition) is 6. The molecule has 2 unspecified atom stereocenters. The Morgan fingerprint density at radius 2 is 1.94 bits per heavy atom. The van der Waals surface area contributed by atoms with Crippen molar-refractivity contribution in [3.05, 3.63) is 89.1 Å². The predicted octanol–water partition coefficient (Wildman–Crippen LogP) is 4.52. The lowest BCUT2D eigenvalue weighted by molar-refractivity contribution is -0.148. The normalized spacial score (nSPS) is 15.9. The van der Waals surface area contributed by atoms with E-state index in [4.69, 9.17) is 18.6 Å². The van der Waals surface area contributed by atoms with E-state index in [1.54, 1.807) is 19.9 Å². The van der Waals surface area contributed by atoms with E-state index < -0.39 is 30.0 Å². The number of hydrogen-bond donors (Lipinski definition) is 1. The van der Waals surface area contributed by atoms with E-state index in [1.807, 2.05) is 30.3 Å². The molecule has 8 heteroatoms. The van der Waals surface area contributed by atoms with Gasteiger partial charge < -0.3 is 23.9 Å². The Labute approximate surface area is 190 Å². The second-order valence-electron chi connectivity index (χ2n) is 8.00. The summed E-state index contributed by atoms with van der Waals surface area (Å²) in [6.07, 6.45) is 0.714. The van der Waals surface area contributed by atoms with Gasteiger partial charge in [0.05, 0.1) is 12.9 Å². The third-order valence-electron chi connectivity index (χ3n) is 5.22. The molecular formula is C25H24FNO6. The highest BCUT2D eigenvalue weighted by Crippen LogP contribution is 2.36. The summed E-state index contributed by atoms with van der Waals surface area (Å²) in [7, 11) is 0. The van der Waals surface area contributed by atoms with Gasteiger partial charge in [0, 0.05) is 16.7 Å². The zero-order valence-electron chi connectivity index (χ0n) is 18.2. The number of carbonyl (C=O) groups is 2. The Hall–Kier alpha value is -3.65. The van der Waals surface area contributed by atoms with Gasteiger partial charge in [0.15, 0.2) is 5.76 Å². The average molecular weight is 453 g/mol. The van der Waals surface area contributed by atoms with E-state index >= 15 is 0 Å². The zero-order chi connectivity index (χ0) is 23.4. The molecule has 1 N–H and O–H groups in total. The van der Waals surface area contributed by atoms with E-state index in [2.05, 4.69) is 5.32 Å². The van der Waals surface area contributed by atoms with Gasteiger partial charge in [-0.25, -0.2) is 9.18 Å². The van der Waals surface area contributed by atoms with Crippen LogP contribution < -0.4 is 10.1 Å². The van der Waals surface area contributed by atoms with Gasteiger partial charge in [-0.2, -0.15) is 0 Å². The van der Waals surface area contributed by atoms with E-state index in [9.17, 15) is 14.0 Å². The van der Waals surface area contributed by atoms with E-state index in [0.29, 0.717) is 16.9 Å². The summed E-state index contributed by atoms with van der Waals surface area (Å²) in [5.74, 6) is -1.39. The molecule has 172 valence electrons. The lowest BCUT2D eigenvalue weighted by Crippen LogP contribution is -2.45. The first-order valence-electron chi connectivity index (χ1n) is 10.6. The van der Waals surface area contributed by atoms with Gasteiger partial charge in [-0.1, -0.05) is 44.2 Å². The number of benzene rings is 2. The van der Waals surface area contributed by atoms with Crippen LogP contribution in [0.15, 0.2) is 65.3 Å². The van der Waals surface area contributed by atoms with Crippen LogP contribution in [-0.2, 0) is 27.5 Å². The standard InChI is InChI=1S/C25H24FNO6/c1-15(2)21(27-23(28)20-9-6-10-30-20)24(29)31-13-17-11-19(26)12-18-14-32-25(33-22(17)18)16-7-4-3-5-8-16/h3-12,15,21,25H,13-14H2,1-2H3,(H,27,28). The summed E-state index contributed by atoms with van der Waals surface area (Å²) >= 11 is 0. The van der Waals surface area contributed by atoms with Crippen LogP contribution in [0.4, 0.5) is 4.39 Å². The van der Waals surface area contributed by atoms with Gasteiger partial charge in [0.1, 0.15) is 24.2 Å². The Morgan fingerprint density at radius 3 is 2.64 bits per heavy atom. The molecule has 0 saturated heterocycles.